The van der Waals surface area contributed by atoms with Crippen molar-refractivity contribution in [1.82, 2.24) is 0 Å². The van der Waals surface area contributed by atoms with Crippen LogP contribution in [-0.2, 0) is 5.41 Å². The number of hydrogen-bond acceptors (Lipinski definition) is 3. The van der Waals surface area contributed by atoms with Gasteiger partial charge in [0, 0.05) is 12.0 Å². The third-order valence-electron chi connectivity index (χ3n) is 3.50. The van der Waals surface area contributed by atoms with Crippen molar-refractivity contribution in [3.05, 3.63) is 29.8 Å². The number of thioether (sulfide) groups is 1. The van der Waals surface area contributed by atoms with Gasteiger partial charge < -0.3 is 4.74 Å². The Balaban J connectivity index is 2.15. The zero-order chi connectivity index (χ0) is 12.8. The Kier molecular flexibility index (Phi) is 4.54. The summed E-state index contributed by atoms with van der Waals surface area (Å²) in [4.78, 5) is 0. The highest BCUT2D eigenvalue weighted by Crippen LogP contribution is 2.41. The van der Waals surface area contributed by atoms with Gasteiger partial charge in [-0.25, -0.2) is 0 Å². The van der Waals surface area contributed by atoms with Gasteiger partial charge in [0.1, 0.15) is 5.75 Å². The predicted octanol–water partition coefficient (Wildman–Crippen LogP) is 3.76. The molecule has 3 heteroatoms. The number of hydrogen-bond donors (Lipinski definition) is 0. The molecule has 1 aromatic carbocycles. The number of para-hydroxylation sites is 1. The molecule has 0 aliphatic carbocycles. The van der Waals surface area contributed by atoms with Crippen molar-refractivity contribution in [1.29, 1.82) is 5.26 Å². The van der Waals surface area contributed by atoms with Crippen molar-refractivity contribution in [2.45, 2.75) is 31.6 Å². The SMILES string of the molecule is CCSCCCC1(C#N)CCOc2ccccc21. The van der Waals surface area contributed by atoms with Crippen molar-refractivity contribution in [3.63, 3.8) is 0 Å². The Labute approximate surface area is 113 Å². The molecular formula is C15H19NOS. The molecule has 0 N–H and O–H groups in total. The molecule has 96 valence electrons. The first kappa shape index (κ1) is 13.3. The molecule has 0 bridgehead atoms. The van der Waals surface area contributed by atoms with Gasteiger partial charge in [-0.3, -0.25) is 0 Å². The van der Waals surface area contributed by atoms with Crippen molar-refractivity contribution in [3.8, 4) is 11.8 Å². The fraction of sp³-hybridized carbons (Fsp3) is 0.533. The molecule has 1 unspecified atom stereocenters. The fourth-order valence-electron chi connectivity index (χ4n) is 2.51. The van der Waals surface area contributed by atoms with Crippen molar-refractivity contribution in [2.24, 2.45) is 0 Å². The number of benzene rings is 1. The second-order valence-electron chi connectivity index (χ2n) is 4.59. The van der Waals surface area contributed by atoms with Crippen LogP contribution in [0.25, 0.3) is 0 Å². The lowest BCUT2D eigenvalue weighted by atomic mass is 9.74. The maximum Gasteiger partial charge on any atom is 0.124 e. The van der Waals surface area contributed by atoms with E-state index in [2.05, 4.69) is 13.0 Å². The molecule has 0 saturated heterocycles. The van der Waals surface area contributed by atoms with Gasteiger partial charge in [0.2, 0.25) is 0 Å². The maximum absolute atomic E-state index is 9.63. The van der Waals surface area contributed by atoms with Crippen molar-refractivity contribution < 1.29 is 4.74 Å². The summed E-state index contributed by atoms with van der Waals surface area (Å²) in [5.41, 5.74) is 0.753. The number of fused-ring (bicyclic) bond motifs is 1. The minimum absolute atomic E-state index is 0.330. The summed E-state index contributed by atoms with van der Waals surface area (Å²) in [5, 5.41) is 9.63. The molecule has 0 radical (unpaired) electrons. The second-order valence-corrected chi connectivity index (χ2v) is 5.98. The lowest BCUT2D eigenvalue weighted by Crippen LogP contribution is -2.31. The van der Waals surface area contributed by atoms with Gasteiger partial charge in [-0.2, -0.15) is 17.0 Å². The topological polar surface area (TPSA) is 33.0 Å². The van der Waals surface area contributed by atoms with Crippen LogP contribution in [0.5, 0.6) is 5.75 Å². The molecule has 1 aromatic rings. The van der Waals surface area contributed by atoms with E-state index < -0.39 is 0 Å². The molecule has 1 aliphatic rings. The third kappa shape index (κ3) is 2.64. The molecule has 0 spiro atoms. The van der Waals surface area contributed by atoms with Gasteiger partial charge in [0.15, 0.2) is 0 Å². The molecule has 0 aromatic heterocycles. The van der Waals surface area contributed by atoms with E-state index in [1.54, 1.807) is 0 Å². The lowest BCUT2D eigenvalue weighted by molar-refractivity contribution is 0.235. The first-order valence-corrected chi connectivity index (χ1v) is 7.69. The Bertz CT molecular complexity index is 440. The van der Waals surface area contributed by atoms with Crippen molar-refractivity contribution >= 4 is 11.8 Å². The first-order valence-electron chi connectivity index (χ1n) is 6.54. The molecule has 0 saturated carbocycles. The zero-order valence-electron chi connectivity index (χ0n) is 10.8. The average Bonchev–Trinajstić information content (AvgIpc) is 2.44. The monoisotopic (exact) mass is 261 g/mol. The summed E-state index contributed by atoms with van der Waals surface area (Å²) < 4.78 is 5.65. The highest BCUT2D eigenvalue weighted by Gasteiger charge is 2.37. The van der Waals surface area contributed by atoms with Gasteiger partial charge in [-0.05, 0) is 30.4 Å². The van der Waals surface area contributed by atoms with Crippen LogP contribution in [0.3, 0.4) is 0 Å². The van der Waals surface area contributed by atoms with Crippen LogP contribution in [0, 0.1) is 11.3 Å². The Morgan fingerprint density at radius 1 is 1.44 bits per heavy atom. The highest BCUT2D eigenvalue weighted by atomic mass is 32.2. The molecule has 0 fully saturated rings. The summed E-state index contributed by atoms with van der Waals surface area (Å²) >= 11 is 1.95. The molecule has 1 heterocycles. The van der Waals surface area contributed by atoms with Gasteiger partial charge in [-0.1, -0.05) is 25.1 Å². The third-order valence-corrected chi connectivity index (χ3v) is 4.49. The van der Waals surface area contributed by atoms with Crippen LogP contribution in [-0.4, -0.2) is 18.1 Å². The van der Waals surface area contributed by atoms with Crippen LogP contribution < -0.4 is 4.74 Å². The number of nitriles is 1. The molecule has 1 atom stereocenters. The molecule has 2 rings (SSSR count). The number of nitrogens with zero attached hydrogens (tertiary/aromatic N) is 1. The number of ether oxygens (including phenoxy) is 1. The van der Waals surface area contributed by atoms with Gasteiger partial charge in [0.25, 0.3) is 0 Å². The van der Waals surface area contributed by atoms with E-state index in [0.717, 1.165) is 42.1 Å². The van der Waals surface area contributed by atoms with Crippen molar-refractivity contribution in [2.75, 3.05) is 18.1 Å². The minimum atomic E-state index is -0.330. The van der Waals surface area contributed by atoms with E-state index in [9.17, 15) is 5.26 Å². The van der Waals surface area contributed by atoms with Gasteiger partial charge >= 0.3 is 0 Å². The van der Waals surface area contributed by atoms with E-state index in [0.29, 0.717) is 6.61 Å². The number of rotatable bonds is 5. The molecular weight excluding hydrogens is 242 g/mol. The minimum Gasteiger partial charge on any atom is -0.493 e. The predicted molar refractivity (Wildman–Crippen MR) is 76.1 cm³/mol. The quantitative estimate of drug-likeness (QED) is 0.757. The van der Waals surface area contributed by atoms with Crippen LogP contribution in [0.1, 0.15) is 31.7 Å². The zero-order valence-corrected chi connectivity index (χ0v) is 11.6. The Hall–Kier alpha value is -1.14. The maximum atomic E-state index is 9.63. The second kappa shape index (κ2) is 6.15. The van der Waals surface area contributed by atoms with Crippen LogP contribution in [0.2, 0.25) is 0 Å². The molecule has 2 nitrogen and oxygen atoms in total. The van der Waals surface area contributed by atoms with E-state index >= 15 is 0 Å². The van der Waals surface area contributed by atoms with Gasteiger partial charge in [0.05, 0.1) is 18.1 Å². The molecule has 18 heavy (non-hydrogen) atoms. The van der Waals surface area contributed by atoms with Crippen LogP contribution >= 0.6 is 11.8 Å². The van der Waals surface area contributed by atoms with Gasteiger partial charge in [-0.15, -0.1) is 0 Å². The Morgan fingerprint density at radius 3 is 3.06 bits per heavy atom. The normalized spacial score (nSPS) is 21.8. The van der Waals surface area contributed by atoms with Crippen LogP contribution in [0.4, 0.5) is 0 Å². The Morgan fingerprint density at radius 2 is 2.28 bits per heavy atom. The summed E-state index contributed by atoms with van der Waals surface area (Å²) in [7, 11) is 0. The highest BCUT2D eigenvalue weighted by molar-refractivity contribution is 7.99. The summed E-state index contributed by atoms with van der Waals surface area (Å²) in [5.74, 6) is 3.19. The molecule has 0 amide bonds. The van der Waals surface area contributed by atoms with E-state index in [1.807, 2.05) is 36.0 Å². The molecule has 1 aliphatic heterocycles. The average molecular weight is 261 g/mol. The summed E-state index contributed by atoms with van der Waals surface area (Å²) in [6, 6.07) is 10.6. The van der Waals surface area contributed by atoms with E-state index in [1.165, 1.54) is 0 Å². The first-order chi connectivity index (χ1) is 8.82. The fourth-order valence-corrected chi connectivity index (χ4v) is 3.15. The van der Waals surface area contributed by atoms with E-state index in [4.69, 9.17) is 4.74 Å². The summed E-state index contributed by atoms with van der Waals surface area (Å²) in [6.07, 6.45) is 2.86. The lowest BCUT2D eigenvalue weighted by Gasteiger charge is -2.33. The standard InChI is InChI=1S/C15H19NOS/c1-2-18-11-5-8-15(12-16)9-10-17-14-7-4-3-6-13(14)15/h3-4,6-7H,2,5,8-11H2,1H3. The van der Waals surface area contributed by atoms with Crippen LogP contribution in [0.15, 0.2) is 24.3 Å². The largest absolute Gasteiger partial charge is 0.493 e. The summed E-state index contributed by atoms with van der Waals surface area (Å²) in [6.45, 7) is 2.83. The smallest absolute Gasteiger partial charge is 0.124 e. The van der Waals surface area contributed by atoms with E-state index in [-0.39, 0.29) is 5.41 Å².